The number of nitrogens with two attached hydrogens (primary N) is 1. The van der Waals surface area contributed by atoms with Gasteiger partial charge in [0.05, 0.1) is 18.7 Å². The molecule has 0 radical (unpaired) electrons. The summed E-state index contributed by atoms with van der Waals surface area (Å²) >= 11 is 0. The van der Waals surface area contributed by atoms with Crippen molar-refractivity contribution in [1.29, 1.82) is 0 Å². The highest BCUT2D eigenvalue weighted by Crippen LogP contribution is 2.11. The Morgan fingerprint density at radius 1 is 0.644 bits per heavy atom. The minimum atomic E-state index is -1.26. The molecular formula is C30H49N9O6. The van der Waals surface area contributed by atoms with Crippen molar-refractivity contribution in [2.24, 2.45) is 23.5 Å². The topological polar surface area (TPSA) is 237 Å². The average Bonchev–Trinajstić information content (AvgIpc) is 3.65. The number of carbonyl (C=O) groups is 5. The predicted molar refractivity (Wildman–Crippen MR) is 166 cm³/mol. The lowest BCUT2D eigenvalue weighted by Gasteiger charge is -2.27. The largest absolute Gasteiger partial charge is 0.480 e. The maximum Gasteiger partial charge on any atom is 0.326 e. The van der Waals surface area contributed by atoms with Crippen molar-refractivity contribution in [3.05, 3.63) is 36.4 Å². The molecule has 250 valence electrons. The molecule has 15 heteroatoms. The summed E-state index contributed by atoms with van der Waals surface area (Å²) in [4.78, 5) is 78.8. The summed E-state index contributed by atoms with van der Waals surface area (Å²) in [6.07, 6.45) is 6.80. The number of aromatic amines is 2. The van der Waals surface area contributed by atoms with Crippen LogP contribution in [0.3, 0.4) is 0 Å². The van der Waals surface area contributed by atoms with E-state index in [0.29, 0.717) is 17.8 Å². The monoisotopic (exact) mass is 631 g/mol. The Kier molecular flexibility index (Phi) is 14.7. The first-order valence-electron chi connectivity index (χ1n) is 15.3. The molecule has 0 aromatic carbocycles. The first-order valence-corrected chi connectivity index (χ1v) is 15.3. The van der Waals surface area contributed by atoms with E-state index in [1.165, 1.54) is 25.0 Å². The molecule has 0 bridgehead atoms. The molecule has 5 atom stereocenters. The van der Waals surface area contributed by atoms with Crippen molar-refractivity contribution in [2.75, 3.05) is 0 Å². The molecule has 9 N–H and O–H groups in total. The summed E-state index contributed by atoms with van der Waals surface area (Å²) in [7, 11) is 0. The van der Waals surface area contributed by atoms with Gasteiger partial charge in [-0.2, -0.15) is 0 Å². The summed E-state index contributed by atoms with van der Waals surface area (Å²) in [5.41, 5.74) is 7.18. The molecule has 0 aliphatic carbocycles. The van der Waals surface area contributed by atoms with Crippen molar-refractivity contribution in [2.45, 2.75) is 104 Å². The number of carboxylic acid groups (broad SMARTS) is 1. The number of H-pyrrole nitrogens is 2. The molecule has 0 saturated heterocycles. The van der Waals surface area contributed by atoms with E-state index in [4.69, 9.17) is 5.73 Å². The molecule has 0 aliphatic rings. The van der Waals surface area contributed by atoms with E-state index in [9.17, 15) is 29.1 Å². The second kappa shape index (κ2) is 17.9. The van der Waals surface area contributed by atoms with Crippen LogP contribution in [-0.4, -0.2) is 84.8 Å². The van der Waals surface area contributed by atoms with Crippen LogP contribution >= 0.6 is 0 Å². The average molecular weight is 632 g/mol. The van der Waals surface area contributed by atoms with Gasteiger partial charge in [-0.15, -0.1) is 0 Å². The fourth-order valence-corrected chi connectivity index (χ4v) is 4.76. The summed E-state index contributed by atoms with van der Waals surface area (Å²) in [5.74, 6) is -3.50. The van der Waals surface area contributed by atoms with Crippen molar-refractivity contribution in [3.63, 3.8) is 0 Å². The van der Waals surface area contributed by atoms with Crippen LogP contribution in [0.2, 0.25) is 0 Å². The molecule has 2 aromatic rings. The van der Waals surface area contributed by atoms with Crippen LogP contribution < -0.4 is 27.0 Å². The van der Waals surface area contributed by atoms with Gasteiger partial charge in [-0.25, -0.2) is 14.8 Å². The van der Waals surface area contributed by atoms with E-state index in [2.05, 4.69) is 41.2 Å². The molecule has 0 spiro atoms. The van der Waals surface area contributed by atoms with Gasteiger partial charge in [-0.3, -0.25) is 19.2 Å². The van der Waals surface area contributed by atoms with E-state index in [1.807, 2.05) is 41.5 Å². The van der Waals surface area contributed by atoms with Crippen LogP contribution in [-0.2, 0) is 36.8 Å². The van der Waals surface area contributed by atoms with E-state index in [-0.39, 0.29) is 43.4 Å². The van der Waals surface area contributed by atoms with Crippen LogP contribution in [0.25, 0.3) is 0 Å². The Morgan fingerprint density at radius 3 is 1.40 bits per heavy atom. The van der Waals surface area contributed by atoms with Crippen molar-refractivity contribution in [3.8, 4) is 0 Å². The molecule has 2 rings (SSSR count). The molecule has 2 aromatic heterocycles. The van der Waals surface area contributed by atoms with Gasteiger partial charge < -0.3 is 42.1 Å². The number of hydrogen-bond acceptors (Lipinski definition) is 8. The minimum Gasteiger partial charge on any atom is -0.480 e. The van der Waals surface area contributed by atoms with Crippen LogP contribution in [0.15, 0.2) is 25.0 Å². The number of nitrogens with one attached hydrogen (secondary N) is 6. The third kappa shape index (κ3) is 13.1. The lowest BCUT2D eigenvalue weighted by atomic mass is 9.99. The molecule has 15 nitrogen and oxygen atoms in total. The zero-order valence-electron chi connectivity index (χ0n) is 26.9. The van der Waals surface area contributed by atoms with Gasteiger partial charge in [-0.05, 0) is 37.0 Å². The standard InChI is InChI=1S/C30H49N9O6/c1-16(2)7-21(31)26(40)36-24(10-19-12-32-14-34-19)29(43)38-22(8-17(3)4)27(41)37-23(9-18(5)6)28(42)39-25(30(44)45)11-20-13-33-15-35-20/h12-18,21-25H,7-11,31H2,1-6H3,(H,32,34)(H,33,35)(H,36,40)(H,37,41)(H,38,43)(H,39,42)(H,44,45)/t21-,22-,23-,24-,25-/m0/s1. The van der Waals surface area contributed by atoms with Gasteiger partial charge in [0.25, 0.3) is 0 Å². The first-order chi connectivity index (χ1) is 21.2. The quantitative estimate of drug-likeness (QED) is 0.107. The van der Waals surface area contributed by atoms with Gasteiger partial charge in [-0.1, -0.05) is 41.5 Å². The minimum absolute atomic E-state index is 0.0238. The fourth-order valence-electron chi connectivity index (χ4n) is 4.76. The van der Waals surface area contributed by atoms with Gasteiger partial charge in [0.2, 0.25) is 23.6 Å². The maximum atomic E-state index is 13.6. The van der Waals surface area contributed by atoms with Crippen LogP contribution in [0.1, 0.15) is 72.2 Å². The summed E-state index contributed by atoms with van der Waals surface area (Å²) in [6.45, 7) is 11.4. The number of carboxylic acids is 1. The highest BCUT2D eigenvalue weighted by Gasteiger charge is 2.33. The van der Waals surface area contributed by atoms with Gasteiger partial charge >= 0.3 is 5.97 Å². The fraction of sp³-hybridized carbons (Fsp3) is 0.633. The number of carbonyl (C=O) groups excluding carboxylic acids is 4. The summed E-state index contributed by atoms with van der Waals surface area (Å²) < 4.78 is 0. The molecule has 0 aliphatic heterocycles. The molecule has 0 fully saturated rings. The van der Waals surface area contributed by atoms with E-state index in [1.54, 1.807) is 0 Å². The Labute approximate surface area is 263 Å². The third-order valence-electron chi connectivity index (χ3n) is 6.95. The first kappa shape index (κ1) is 36.9. The van der Waals surface area contributed by atoms with Crippen molar-refractivity contribution < 1.29 is 29.1 Å². The number of imidazole rings is 2. The predicted octanol–water partition coefficient (Wildman–Crippen LogP) is 0.407. The molecule has 4 amide bonds. The van der Waals surface area contributed by atoms with Gasteiger partial charge in [0.15, 0.2) is 0 Å². The van der Waals surface area contributed by atoms with Crippen LogP contribution in [0.4, 0.5) is 0 Å². The lowest BCUT2D eigenvalue weighted by Crippen LogP contribution is -2.59. The lowest BCUT2D eigenvalue weighted by molar-refractivity contribution is -0.142. The SMILES string of the molecule is CC(C)C[C@H](NC(=O)[C@H](CC(C)C)NC(=O)[C@H](Cc1cnc[nH]1)NC(=O)[C@@H](N)CC(C)C)C(=O)N[C@@H](Cc1cnc[nH]1)C(=O)O. The van der Waals surface area contributed by atoms with Crippen LogP contribution in [0, 0.1) is 17.8 Å². The Morgan fingerprint density at radius 2 is 1.02 bits per heavy atom. The van der Waals surface area contributed by atoms with Gasteiger partial charge in [0.1, 0.15) is 24.2 Å². The number of rotatable bonds is 19. The van der Waals surface area contributed by atoms with E-state index < -0.39 is 59.8 Å². The highest BCUT2D eigenvalue weighted by molar-refractivity contribution is 5.95. The number of hydrogen-bond donors (Lipinski definition) is 8. The molecule has 0 unspecified atom stereocenters. The summed E-state index contributed by atoms with van der Waals surface area (Å²) in [5, 5.41) is 20.4. The molecule has 0 saturated carbocycles. The molecule has 2 heterocycles. The normalized spacial score (nSPS) is 14.8. The Hall–Kier alpha value is -4.27. The number of aliphatic carboxylic acids is 1. The van der Waals surface area contributed by atoms with Crippen molar-refractivity contribution in [1.82, 2.24) is 41.2 Å². The zero-order chi connectivity index (χ0) is 33.7. The molecule has 45 heavy (non-hydrogen) atoms. The zero-order valence-corrected chi connectivity index (χ0v) is 26.9. The Bertz CT molecular complexity index is 1230. The molecular weight excluding hydrogens is 582 g/mol. The van der Waals surface area contributed by atoms with Crippen LogP contribution in [0.5, 0.6) is 0 Å². The highest BCUT2D eigenvalue weighted by atomic mass is 16.4. The Balaban J connectivity index is 2.23. The second-order valence-corrected chi connectivity index (χ2v) is 12.6. The smallest absolute Gasteiger partial charge is 0.326 e. The second-order valence-electron chi connectivity index (χ2n) is 12.6. The van der Waals surface area contributed by atoms with Crippen molar-refractivity contribution >= 4 is 29.6 Å². The number of nitrogens with zero attached hydrogens (tertiary/aromatic N) is 2. The maximum absolute atomic E-state index is 13.6. The summed E-state index contributed by atoms with van der Waals surface area (Å²) in [6, 6.07) is -5.26. The third-order valence-corrected chi connectivity index (χ3v) is 6.95. The number of amides is 4. The van der Waals surface area contributed by atoms with E-state index >= 15 is 0 Å². The van der Waals surface area contributed by atoms with Gasteiger partial charge in [0, 0.05) is 36.6 Å². The number of aromatic nitrogens is 4. The van der Waals surface area contributed by atoms with E-state index in [0.717, 1.165) is 0 Å².